The molecule has 0 spiro atoms. The van der Waals surface area contributed by atoms with E-state index in [4.69, 9.17) is 0 Å². The number of aliphatic hydroxyl groups is 1. The number of rotatable bonds is 6. The molecule has 0 aliphatic carbocycles. The summed E-state index contributed by atoms with van der Waals surface area (Å²) in [5, 5.41) is 10.0. The first-order chi connectivity index (χ1) is 9.44. The van der Waals surface area contributed by atoms with Crippen molar-refractivity contribution in [3.8, 4) is 0 Å². The Kier molecular flexibility index (Phi) is 5.40. The first kappa shape index (κ1) is 17.9. The largest absolute Gasteiger partial charge is 0.389 e. The summed E-state index contributed by atoms with van der Waals surface area (Å²) in [6, 6.07) is 0.563. The third-order valence-electron chi connectivity index (χ3n) is 2.72. The molecule has 21 heavy (non-hydrogen) atoms. The molecule has 1 unspecified atom stereocenters. The molecule has 8 heteroatoms. The van der Waals surface area contributed by atoms with Crippen LogP contribution in [-0.4, -0.2) is 25.7 Å². The molecule has 1 rings (SSSR count). The van der Waals surface area contributed by atoms with E-state index in [0.717, 1.165) is 0 Å². The van der Waals surface area contributed by atoms with E-state index in [1.165, 1.54) is 6.92 Å². The maximum absolute atomic E-state index is 13.5. The zero-order valence-electron chi connectivity index (χ0n) is 12.0. The summed E-state index contributed by atoms with van der Waals surface area (Å²) in [4.78, 5) is -1.26. The van der Waals surface area contributed by atoms with E-state index >= 15 is 0 Å². The van der Waals surface area contributed by atoms with Gasteiger partial charge in [-0.15, -0.1) is 0 Å². The Morgan fingerprint density at radius 1 is 1.24 bits per heavy atom. The second-order valence-electron chi connectivity index (χ2n) is 5.62. The van der Waals surface area contributed by atoms with Crippen molar-refractivity contribution in [2.45, 2.75) is 37.7 Å². The van der Waals surface area contributed by atoms with Crippen LogP contribution in [0.1, 0.15) is 27.2 Å². The molecular formula is C13H18F3NO3S. The van der Waals surface area contributed by atoms with Crippen LogP contribution in [0, 0.1) is 23.4 Å². The highest BCUT2D eigenvalue weighted by Crippen LogP contribution is 2.21. The van der Waals surface area contributed by atoms with Crippen molar-refractivity contribution in [3.05, 3.63) is 29.6 Å². The van der Waals surface area contributed by atoms with Crippen LogP contribution in [0.2, 0.25) is 0 Å². The van der Waals surface area contributed by atoms with Gasteiger partial charge >= 0.3 is 0 Å². The Labute approximate surface area is 122 Å². The smallest absolute Gasteiger partial charge is 0.246 e. The van der Waals surface area contributed by atoms with E-state index in [2.05, 4.69) is 0 Å². The lowest BCUT2D eigenvalue weighted by Gasteiger charge is -2.25. The molecule has 0 aliphatic rings. The first-order valence-electron chi connectivity index (χ1n) is 6.31. The van der Waals surface area contributed by atoms with Gasteiger partial charge in [-0.25, -0.2) is 26.3 Å². The Morgan fingerprint density at radius 2 is 1.71 bits per heavy atom. The fourth-order valence-electron chi connectivity index (χ4n) is 2.06. The number of benzene rings is 1. The van der Waals surface area contributed by atoms with Crippen molar-refractivity contribution >= 4 is 10.0 Å². The molecule has 0 aromatic heterocycles. The van der Waals surface area contributed by atoms with E-state index in [-0.39, 0.29) is 18.1 Å². The molecule has 4 nitrogen and oxygen atoms in total. The minimum absolute atomic E-state index is 0.101. The second-order valence-corrected chi connectivity index (χ2v) is 7.32. The molecule has 0 aliphatic heterocycles. The van der Waals surface area contributed by atoms with E-state index < -0.39 is 44.5 Å². The molecule has 0 bridgehead atoms. The zero-order valence-corrected chi connectivity index (χ0v) is 12.8. The van der Waals surface area contributed by atoms with Crippen LogP contribution < -0.4 is 4.72 Å². The van der Waals surface area contributed by atoms with Gasteiger partial charge in [-0.3, -0.25) is 0 Å². The number of sulfonamides is 1. The highest BCUT2D eigenvalue weighted by molar-refractivity contribution is 7.89. The third kappa shape index (κ3) is 4.98. The fourth-order valence-corrected chi connectivity index (χ4v) is 3.34. The molecule has 2 N–H and O–H groups in total. The monoisotopic (exact) mass is 325 g/mol. The van der Waals surface area contributed by atoms with Gasteiger partial charge < -0.3 is 5.11 Å². The van der Waals surface area contributed by atoms with Crippen LogP contribution in [0.15, 0.2) is 17.0 Å². The molecule has 0 saturated heterocycles. The van der Waals surface area contributed by atoms with E-state index in [0.29, 0.717) is 6.42 Å². The van der Waals surface area contributed by atoms with E-state index in [1.54, 1.807) is 0 Å². The van der Waals surface area contributed by atoms with Gasteiger partial charge in [0.1, 0.15) is 17.5 Å². The van der Waals surface area contributed by atoms with E-state index in [1.807, 2.05) is 18.6 Å². The Morgan fingerprint density at radius 3 is 2.14 bits per heavy atom. The maximum Gasteiger partial charge on any atom is 0.246 e. The second kappa shape index (κ2) is 6.33. The van der Waals surface area contributed by atoms with Gasteiger partial charge in [-0.05, 0) is 19.3 Å². The van der Waals surface area contributed by atoms with Crippen molar-refractivity contribution in [1.29, 1.82) is 0 Å². The minimum Gasteiger partial charge on any atom is -0.389 e. The number of nitrogens with one attached hydrogen (secondary N) is 1. The van der Waals surface area contributed by atoms with E-state index in [9.17, 15) is 26.7 Å². The van der Waals surface area contributed by atoms with Gasteiger partial charge in [0.15, 0.2) is 4.90 Å². The lowest BCUT2D eigenvalue weighted by atomic mass is 9.95. The quantitative estimate of drug-likeness (QED) is 0.842. The molecule has 0 radical (unpaired) electrons. The van der Waals surface area contributed by atoms with Crippen molar-refractivity contribution in [1.82, 2.24) is 4.72 Å². The summed E-state index contributed by atoms with van der Waals surface area (Å²) < 4.78 is 65.5. The van der Waals surface area contributed by atoms with Crippen LogP contribution in [-0.2, 0) is 10.0 Å². The summed E-state index contributed by atoms with van der Waals surface area (Å²) in [5.41, 5.74) is -1.37. The summed E-state index contributed by atoms with van der Waals surface area (Å²) in [6.45, 7) is 4.67. The number of halogens is 3. The number of hydrogen-bond acceptors (Lipinski definition) is 3. The summed E-state index contributed by atoms with van der Waals surface area (Å²) in [5.74, 6) is -4.16. The summed E-state index contributed by atoms with van der Waals surface area (Å²) in [6.07, 6.45) is 0.296. The van der Waals surface area contributed by atoms with Crippen LogP contribution in [0.4, 0.5) is 13.2 Å². The predicted octanol–water partition coefficient (Wildman–Crippen LogP) is 2.18. The van der Waals surface area contributed by atoms with Gasteiger partial charge in [0, 0.05) is 18.7 Å². The van der Waals surface area contributed by atoms with Crippen LogP contribution in [0.5, 0.6) is 0 Å². The Hall–Kier alpha value is -1.12. The SMILES string of the molecule is CC(C)CC(C)(O)CNS(=O)(=O)c1c(F)cc(F)cc1F. The highest BCUT2D eigenvalue weighted by atomic mass is 32.2. The molecular weight excluding hydrogens is 307 g/mol. The van der Waals surface area contributed by atoms with Gasteiger partial charge in [0.2, 0.25) is 10.0 Å². The lowest BCUT2D eigenvalue weighted by Crippen LogP contribution is -2.41. The molecule has 1 atom stereocenters. The Balaban J connectivity index is 2.98. The normalized spacial score (nSPS) is 15.2. The van der Waals surface area contributed by atoms with Gasteiger partial charge in [0.05, 0.1) is 5.60 Å². The van der Waals surface area contributed by atoms with Gasteiger partial charge in [-0.1, -0.05) is 13.8 Å². The molecule has 0 heterocycles. The highest BCUT2D eigenvalue weighted by Gasteiger charge is 2.29. The van der Waals surface area contributed by atoms with Crippen LogP contribution >= 0.6 is 0 Å². The van der Waals surface area contributed by atoms with Gasteiger partial charge in [0.25, 0.3) is 0 Å². The molecule has 0 amide bonds. The third-order valence-corrected chi connectivity index (χ3v) is 4.17. The topological polar surface area (TPSA) is 66.4 Å². The zero-order chi connectivity index (χ0) is 16.4. The first-order valence-corrected chi connectivity index (χ1v) is 7.79. The summed E-state index contributed by atoms with van der Waals surface area (Å²) in [7, 11) is -4.53. The molecule has 0 fully saturated rings. The summed E-state index contributed by atoms with van der Waals surface area (Å²) >= 11 is 0. The van der Waals surface area contributed by atoms with Crippen molar-refractivity contribution in [2.75, 3.05) is 6.54 Å². The Bertz CT molecular complexity index is 592. The van der Waals surface area contributed by atoms with Crippen LogP contribution in [0.25, 0.3) is 0 Å². The van der Waals surface area contributed by atoms with Gasteiger partial charge in [-0.2, -0.15) is 0 Å². The average molecular weight is 325 g/mol. The fraction of sp³-hybridized carbons (Fsp3) is 0.538. The molecule has 0 saturated carbocycles. The van der Waals surface area contributed by atoms with Crippen LogP contribution in [0.3, 0.4) is 0 Å². The number of hydrogen-bond donors (Lipinski definition) is 2. The molecule has 1 aromatic rings. The lowest BCUT2D eigenvalue weighted by molar-refractivity contribution is 0.0436. The average Bonchev–Trinajstić information content (AvgIpc) is 2.23. The van der Waals surface area contributed by atoms with Crippen molar-refractivity contribution in [2.24, 2.45) is 5.92 Å². The van der Waals surface area contributed by atoms with Crippen molar-refractivity contribution < 1.29 is 26.7 Å². The predicted molar refractivity (Wildman–Crippen MR) is 71.6 cm³/mol. The maximum atomic E-state index is 13.5. The minimum atomic E-state index is -4.53. The molecule has 1 aromatic carbocycles. The standard InChI is InChI=1S/C13H18F3NO3S/c1-8(2)6-13(3,18)7-17-21(19,20)12-10(15)4-9(14)5-11(12)16/h4-5,8,17-18H,6-7H2,1-3H3. The van der Waals surface area contributed by atoms with Crippen molar-refractivity contribution in [3.63, 3.8) is 0 Å². The molecule has 120 valence electrons.